The van der Waals surface area contributed by atoms with Gasteiger partial charge in [-0.05, 0) is 62.2 Å². The fourth-order valence-corrected chi connectivity index (χ4v) is 2.67. The molecular weight excluding hydrogens is 320 g/mol. The zero-order chi connectivity index (χ0) is 16.5. The molecule has 2 rings (SSSR count). The number of benzene rings is 2. The predicted molar refractivity (Wildman–Crippen MR) is 106 cm³/mol. The van der Waals surface area contributed by atoms with Crippen molar-refractivity contribution in [3.63, 3.8) is 0 Å². The van der Waals surface area contributed by atoms with Crippen molar-refractivity contribution in [2.45, 2.75) is 26.8 Å². The Bertz CT molecular complexity index is 565. The molecule has 2 aromatic carbocycles. The molecule has 0 fully saturated rings. The molecule has 0 saturated carbocycles. The number of methoxy groups -OCH3 is 1. The van der Waals surface area contributed by atoms with Gasteiger partial charge in [0.2, 0.25) is 0 Å². The third kappa shape index (κ3) is 6.06. The van der Waals surface area contributed by atoms with E-state index < -0.39 is 0 Å². The van der Waals surface area contributed by atoms with Gasteiger partial charge < -0.3 is 15.0 Å². The van der Waals surface area contributed by atoms with Crippen molar-refractivity contribution in [1.29, 1.82) is 0 Å². The van der Waals surface area contributed by atoms with E-state index in [9.17, 15) is 0 Å². The summed E-state index contributed by atoms with van der Waals surface area (Å²) in [6, 6.07) is 17.1. The summed E-state index contributed by atoms with van der Waals surface area (Å²) in [7, 11) is 1.70. The molecule has 0 amide bonds. The van der Waals surface area contributed by atoms with Crippen LogP contribution < -0.4 is 15.0 Å². The Morgan fingerprint density at radius 1 is 0.875 bits per heavy atom. The number of nitrogens with zero attached hydrogens (tertiary/aromatic N) is 1. The van der Waals surface area contributed by atoms with Crippen LogP contribution in [-0.2, 0) is 13.0 Å². The normalized spacial score (nSPS) is 10.1. The van der Waals surface area contributed by atoms with Crippen molar-refractivity contribution in [1.82, 2.24) is 5.32 Å². The molecule has 0 saturated heterocycles. The summed E-state index contributed by atoms with van der Waals surface area (Å²) in [6.45, 7) is 8.38. The maximum Gasteiger partial charge on any atom is 0.118 e. The first-order valence-electron chi connectivity index (χ1n) is 8.44. The first-order valence-corrected chi connectivity index (χ1v) is 8.44. The zero-order valence-electron chi connectivity index (χ0n) is 14.9. The molecule has 0 heterocycles. The molecule has 2 aromatic rings. The van der Waals surface area contributed by atoms with Gasteiger partial charge in [0.1, 0.15) is 5.75 Å². The largest absolute Gasteiger partial charge is 0.497 e. The van der Waals surface area contributed by atoms with E-state index in [4.69, 9.17) is 4.74 Å². The van der Waals surface area contributed by atoms with Crippen LogP contribution in [0.2, 0.25) is 0 Å². The number of hydrogen-bond acceptors (Lipinski definition) is 3. The van der Waals surface area contributed by atoms with E-state index in [2.05, 4.69) is 60.5 Å². The van der Waals surface area contributed by atoms with Gasteiger partial charge in [0.15, 0.2) is 0 Å². The first-order chi connectivity index (χ1) is 11.3. The van der Waals surface area contributed by atoms with E-state index in [0.717, 1.165) is 38.3 Å². The fourth-order valence-electron chi connectivity index (χ4n) is 2.67. The van der Waals surface area contributed by atoms with Crippen molar-refractivity contribution in [3.8, 4) is 5.75 Å². The van der Waals surface area contributed by atoms with Gasteiger partial charge >= 0.3 is 0 Å². The van der Waals surface area contributed by atoms with Gasteiger partial charge in [-0.2, -0.15) is 0 Å². The summed E-state index contributed by atoms with van der Waals surface area (Å²) in [5.41, 5.74) is 3.96. The summed E-state index contributed by atoms with van der Waals surface area (Å²) in [5.74, 6) is 0.912. The second kappa shape index (κ2) is 11.0. The van der Waals surface area contributed by atoms with Crippen molar-refractivity contribution < 1.29 is 4.74 Å². The minimum absolute atomic E-state index is 0. The van der Waals surface area contributed by atoms with E-state index in [-0.39, 0.29) is 12.4 Å². The van der Waals surface area contributed by atoms with Gasteiger partial charge in [0.05, 0.1) is 7.11 Å². The minimum Gasteiger partial charge on any atom is -0.497 e. The predicted octanol–water partition coefficient (Wildman–Crippen LogP) is 4.30. The lowest BCUT2D eigenvalue weighted by atomic mass is 10.1. The molecule has 0 unspecified atom stereocenters. The van der Waals surface area contributed by atoms with Gasteiger partial charge in [-0.25, -0.2) is 0 Å². The second-order valence-electron chi connectivity index (χ2n) is 5.61. The van der Waals surface area contributed by atoms with E-state index in [1.54, 1.807) is 7.11 Å². The molecule has 3 nitrogen and oxygen atoms in total. The number of nitrogens with one attached hydrogen (secondary N) is 1. The smallest absolute Gasteiger partial charge is 0.118 e. The highest BCUT2D eigenvalue weighted by Gasteiger charge is 2.01. The van der Waals surface area contributed by atoms with Crippen molar-refractivity contribution in [3.05, 3.63) is 59.7 Å². The van der Waals surface area contributed by atoms with E-state index in [0.29, 0.717) is 0 Å². The zero-order valence-corrected chi connectivity index (χ0v) is 15.7. The first kappa shape index (κ1) is 20.3. The van der Waals surface area contributed by atoms with Crippen LogP contribution in [0.3, 0.4) is 0 Å². The Kier molecular flexibility index (Phi) is 9.28. The molecule has 0 aliphatic heterocycles. The average Bonchev–Trinajstić information content (AvgIpc) is 2.61. The molecule has 0 radical (unpaired) electrons. The maximum atomic E-state index is 5.18. The summed E-state index contributed by atoms with van der Waals surface area (Å²) in [4.78, 5) is 2.36. The topological polar surface area (TPSA) is 24.5 Å². The Balaban J connectivity index is 0.00000288. The highest BCUT2D eigenvalue weighted by Crippen LogP contribution is 2.15. The third-order valence-electron chi connectivity index (χ3n) is 4.14. The van der Waals surface area contributed by atoms with Gasteiger partial charge in [0.25, 0.3) is 0 Å². The molecule has 0 aliphatic carbocycles. The van der Waals surface area contributed by atoms with Crippen molar-refractivity contribution in [2.75, 3.05) is 31.6 Å². The highest BCUT2D eigenvalue weighted by molar-refractivity contribution is 5.85. The Morgan fingerprint density at radius 3 is 2.00 bits per heavy atom. The van der Waals surface area contributed by atoms with Crippen LogP contribution in [0.15, 0.2) is 48.5 Å². The van der Waals surface area contributed by atoms with Crippen LogP contribution in [0.1, 0.15) is 25.0 Å². The molecule has 0 atom stereocenters. The molecular formula is C20H29ClN2O. The lowest BCUT2D eigenvalue weighted by Gasteiger charge is -2.21. The Morgan fingerprint density at radius 2 is 1.46 bits per heavy atom. The molecule has 0 spiro atoms. The van der Waals surface area contributed by atoms with Crippen molar-refractivity contribution >= 4 is 18.1 Å². The lowest BCUT2D eigenvalue weighted by Crippen LogP contribution is -2.21. The molecule has 24 heavy (non-hydrogen) atoms. The molecule has 132 valence electrons. The van der Waals surface area contributed by atoms with Crippen LogP contribution >= 0.6 is 12.4 Å². The number of ether oxygens (including phenoxy) is 1. The van der Waals surface area contributed by atoms with E-state index >= 15 is 0 Å². The molecule has 0 bridgehead atoms. The summed E-state index contributed by atoms with van der Waals surface area (Å²) in [5, 5.41) is 3.51. The number of hydrogen-bond donors (Lipinski definition) is 1. The van der Waals surface area contributed by atoms with Crippen LogP contribution in [0.25, 0.3) is 0 Å². The SMILES string of the molecule is CCN(CC)c1ccc(CNCCc2ccc(OC)cc2)cc1.Cl. The van der Waals surface area contributed by atoms with E-state index in [1.165, 1.54) is 16.8 Å². The van der Waals surface area contributed by atoms with Gasteiger partial charge in [-0.15, -0.1) is 12.4 Å². The van der Waals surface area contributed by atoms with Crippen LogP contribution in [0, 0.1) is 0 Å². The second-order valence-corrected chi connectivity index (χ2v) is 5.61. The third-order valence-corrected chi connectivity index (χ3v) is 4.14. The highest BCUT2D eigenvalue weighted by atomic mass is 35.5. The lowest BCUT2D eigenvalue weighted by molar-refractivity contribution is 0.414. The van der Waals surface area contributed by atoms with Gasteiger partial charge in [0, 0.05) is 25.3 Å². The van der Waals surface area contributed by atoms with Crippen LogP contribution in [0.5, 0.6) is 5.75 Å². The summed E-state index contributed by atoms with van der Waals surface area (Å²) < 4.78 is 5.18. The standard InChI is InChI=1S/C20H28N2O.ClH/c1-4-22(5-2)19-10-6-18(7-11-19)16-21-15-14-17-8-12-20(23-3)13-9-17;/h6-13,21H,4-5,14-16H2,1-3H3;1H. The average molecular weight is 349 g/mol. The van der Waals surface area contributed by atoms with Crippen LogP contribution in [-0.4, -0.2) is 26.7 Å². The molecule has 4 heteroatoms. The number of rotatable bonds is 9. The monoisotopic (exact) mass is 348 g/mol. The summed E-state index contributed by atoms with van der Waals surface area (Å²) >= 11 is 0. The quantitative estimate of drug-likeness (QED) is 0.684. The summed E-state index contributed by atoms with van der Waals surface area (Å²) in [6.07, 6.45) is 1.03. The fraction of sp³-hybridized carbons (Fsp3) is 0.400. The molecule has 1 N–H and O–H groups in total. The number of halogens is 1. The minimum atomic E-state index is 0. The number of anilines is 1. The van der Waals surface area contributed by atoms with Gasteiger partial charge in [-0.1, -0.05) is 24.3 Å². The van der Waals surface area contributed by atoms with Gasteiger partial charge in [-0.3, -0.25) is 0 Å². The molecule has 0 aromatic heterocycles. The Hall–Kier alpha value is -1.71. The van der Waals surface area contributed by atoms with Crippen LogP contribution in [0.4, 0.5) is 5.69 Å². The van der Waals surface area contributed by atoms with Crippen molar-refractivity contribution in [2.24, 2.45) is 0 Å². The molecule has 0 aliphatic rings. The van der Waals surface area contributed by atoms with E-state index in [1.807, 2.05) is 12.1 Å². The maximum absolute atomic E-state index is 5.18. The Labute approximate surface area is 152 Å².